The van der Waals surface area contributed by atoms with Gasteiger partial charge in [0, 0.05) is 13.2 Å². The lowest BCUT2D eigenvalue weighted by atomic mass is 9.93. The molecule has 0 aliphatic carbocycles. The maximum absolute atomic E-state index is 5.98. The molecule has 2 heteroatoms. The molecule has 1 N–H and O–H groups in total. The summed E-state index contributed by atoms with van der Waals surface area (Å²) in [6, 6.07) is 31.6. The Labute approximate surface area is 162 Å². The Hall–Kier alpha value is -2.68. The highest BCUT2D eigenvalue weighted by Gasteiger charge is 2.27. The average molecular weight is 357 g/mol. The van der Waals surface area contributed by atoms with E-state index in [0.29, 0.717) is 0 Å². The molecule has 0 spiro atoms. The lowest BCUT2D eigenvalue weighted by Crippen LogP contribution is -2.31. The van der Waals surface area contributed by atoms with Gasteiger partial charge in [-0.1, -0.05) is 97.1 Å². The van der Waals surface area contributed by atoms with Crippen molar-refractivity contribution in [2.45, 2.75) is 24.6 Å². The average Bonchev–Trinajstić information content (AvgIpc) is 2.75. The molecule has 0 saturated carbocycles. The van der Waals surface area contributed by atoms with Crippen LogP contribution in [0.4, 0.5) is 0 Å². The summed E-state index contributed by atoms with van der Waals surface area (Å²) in [5.41, 5.74) is 3.62. The number of hydrogen-bond acceptors (Lipinski definition) is 2. The van der Waals surface area contributed by atoms with E-state index in [1.807, 2.05) is 24.3 Å². The minimum absolute atomic E-state index is 0.0174. The Morgan fingerprint density at radius 2 is 1.26 bits per heavy atom. The van der Waals surface area contributed by atoms with E-state index in [0.717, 1.165) is 12.0 Å². The van der Waals surface area contributed by atoms with Crippen LogP contribution >= 0.6 is 0 Å². The summed E-state index contributed by atoms with van der Waals surface area (Å²) in [5.74, 6) is 0. The van der Waals surface area contributed by atoms with E-state index in [1.54, 1.807) is 7.11 Å². The molecule has 3 aromatic rings. The lowest BCUT2D eigenvalue weighted by Gasteiger charge is -2.32. The van der Waals surface area contributed by atoms with Crippen molar-refractivity contribution in [3.8, 4) is 0 Å². The Bertz CT molecular complexity index is 802. The van der Waals surface area contributed by atoms with Crippen LogP contribution in [0.3, 0.4) is 0 Å². The zero-order valence-electron chi connectivity index (χ0n) is 15.8. The SMILES string of the molecule is C=CC[C@H](N[C@H](c1ccccc1)[C@@H](OC)c1ccccc1)c1ccccc1. The van der Waals surface area contributed by atoms with E-state index in [1.165, 1.54) is 11.1 Å². The molecular weight excluding hydrogens is 330 g/mol. The summed E-state index contributed by atoms with van der Waals surface area (Å²) in [4.78, 5) is 0. The molecule has 0 unspecified atom stereocenters. The van der Waals surface area contributed by atoms with Gasteiger partial charge >= 0.3 is 0 Å². The first-order valence-corrected chi connectivity index (χ1v) is 9.38. The molecule has 0 radical (unpaired) electrons. The molecule has 0 bridgehead atoms. The number of nitrogens with one attached hydrogen (secondary N) is 1. The van der Waals surface area contributed by atoms with Gasteiger partial charge in [-0.25, -0.2) is 0 Å². The first-order chi connectivity index (χ1) is 13.3. The van der Waals surface area contributed by atoms with E-state index >= 15 is 0 Å². The summed E-state index contributed by atoms with van der Waals surface area (Å²) in [5, 5.41) is 3.84. The zero-order chi connectivity index (χ0) is 18.9. The van der Waals surface area contributed by atoms with Crippen LogP contribution in [-0.4, -0.2) is 7.11 Å². The third kappa shape index (κ3) is 4.94. The molecule has 138 valence electrons. The van der Waals surface area contributed by atoms with Crippen LogP contribution in [0, 0.1) is 0 Å². The second-order valence-electron chi connectivity index (χ2n) is 6.61. The van der Waals surface area contributed by atoms with Gasteiger partial charge < -0.3 is 10.1 Å². The summed E-state index contributed by atoms with van der Waals surface area (Å²) in [6.07, 6.45) is 2.72. The fourth-order valence-corrected chi connectivity index (χ4v) is 3.50. The zero-order valence-corrected chi connectivity index (χ0v) is 15.8. The maximum atomic E-state index is 5.98. The Morgan fingerprint density at radius 1 is 0.778 bits per heavy atom. The molecule has 0 aromatic heterocycles. The third-order valence-corrected chi connectivity index (χ3v) is 4.83. The van der Waals surface area contributed by atoms with Crippen LogP contribution in [0.15, 0.2) is 104 Å². The predicted molar refractivity (Wildman–Crippen MR) is 113 cm³/mol. The first-order valence-electron chi connectivity index (χ1n) is 9.38. The molecule has 0 saturated heterocycles. The second kappa shape index (κ2) is 9.86. The number of rotatable bonds is 9. The lowest BCUT2D eigenvalue weighted by molar-refractivity contribution is 0.0630. The van der Waals surface area contributed by atoms with E-state index in [9.17, 15) is 0 Å². The van der Waals surface area contributed by atoms with Crippen LogP contribution in [0.1, 0.15) is 41.3 Å². The fourth-order valence-electron chi connectivity index (χ4n) is 3.50. The van der Waals surface area contributed by atoms with Gasteiger partial charge in [-0.3, -0.25) is 0 Å². The van der Waals surface area contributed by atoms with Crippen molar-refractivity contribution in [1.82, 2.24) is 5.32 Å². The minimum Gasteiger partial charge on any atom is -0.375 e. The molecule has 3 rings (SSSR count). The van der Waals surface area contributed by atoms with Gasteiger partial charge in [-0.2, -0.15) is 0 Å². The van der Waals surface area contributed by atoms with Crippen LogP contribution in [0.5, 0.6) is 0 Å². The molecule has 0 aliphatic heterocycles. The van der Waals surface area contributed by atoms with Crippen molar-refractivity contribution in [3.63, 3.8) is 0 Å². The molecule has 0 heterocycles. The number of benzene rings is 3. The normalized spacial score (nSPS) is 14.3. The van der Waals surface area contributed by atoms with E-state index in [2.05, 4.69) is 84.7 Å². The second-order valence-corrected chi connectivity index (χ2v) is 6.61. The van der Waals surface area contributed by atoms with E-state index in [-0.39, 0.29) is 18.2 Å². The molecule has 0 amide bonds. The molecule has 2 nitrogen and oxygen atoms in total. The quantitative estimate of drug-likeness (QED) is 0.473. The van der Waals surface area contributed by atoms with Crippen LogP contribution in [-0.2, 0) is 4.74 Å². The van der Waals surface area contributed by atoms with Gasteiger partial charge in [0.2, 0.25) is 0 Å². The largest absolute Gasteiger partial charge is 0.375 e. The predicted octanol–water partition coefficient (Wildman–Crippen LogP) is 6.02. The monoisotopic (exact) mass is 357 g/mol. The van der Waals surface area contributed by atoms with E-state index < -0.39 is 0 Å². The molecular formula is C25H27NO. The van der Waals surface area contributed by atoms with Crippen molar-refractivity contribution in [2.75, 3.05) is 7.11 Å². The number of methoxy groups -OCH3 is 1. The van der Waals surface area contributed by atoms with Crippen LogP contribution in [0.2, 0.25) is 0 Å². The van der Waals surface area contributed by atoms with Gasteiger partial charge in [-0.05, 0) is 23.1 Å². The smallest absolute Gasteiger partial charge is 0.102 e. The van der Waals surface area contributed by atoms with E-state index in [4.69, 9.17) is 4.74 Å². The molecule has 0 fully saturated rings. The third-order valence-electron chi connectivity index (χ3n) is 4.83. The van der Waals surface area contributed by atoms with Crippen molar-refractivity contribution >= 4 is 0 Å². The first kappa shape index (κ1) is 19.1. The highest BCUT2D eigenvalue weighted by Crippen LogP contribution is 2.34. The summed E-state index contributed by atoms with van der Waals surface area (Å²) >= 11 is 0. The molecule has 27 heavy (non-hydrogen) atoms. The summed E-state index contributed by atoms with van der Waals surface area (Å²) in [6.45, 7) is 3.96. The summed E-state index contributed by atoms with van der Waals surface area (Å²) < 4.78 is 5.98. The van der Waals surface area contributed by atoms with Crippen molar-refractivity contribution in [1.29, 1.82) is 0 Å². The van der Waals surface area contributed by atoms with Gasteiger partial charge in [0.25, 0.3) is 0 Å². The topological polar surface area (TPSA) is 21.3 Å². The van der Waals surface area contributed by atoms with Gasteiger partial charge in [0.15, 0.2) is 0 Å². The number of hydrogen-bond donors (Lipinski definition) is 1. The standard InChI is InChI=1S/C25H27NO/c1-3-13-23(20-14-7-4-8-15-20)26-24(21-16-9-5-10-17-21)25(27-2)22-18-11-6-12-19-22/h3-12,14-19,23-26H,1,13H2,2H3/t23-,24+,25-/m0/s1. The Morgan fingerprint density at radius 3 is 1.74 bits per heavy atom. The molecule has 0 aliphatic rings. The maximum Gasteiger partial charge on any atom is 0.102 e. The minimum atomic E-state index is -0.0929. The fraction of sp³-hybridized carbons (Fsp3) is 0.200. The van der Waals surface area contributed by atoms with Gasteiger partial charge in [0.05, 0.1) is 6.04 Å². The highest BCUT2D eigenvalue weighted by molar-refractivity contribution is 5.28. The highest BCUT2D eigenvalue weighted by atomic mass is 16.5. The molecule has 3 atom stereocenters. The van der Waals surface area contributed by atoms with Crippen molar-refractivity contribution < 1.29 is 4.74 Å². The Balaban J connectivity index is 1.97. The van der Waals surface area contributed by atoms with Crippen LogP contribution < -0.4 is 5.32 Å². The van der Waals surface area contributed by atoms with Crippen LogP contribution in [0.25, 0.3) is 0 Å². The summed E-state index contributed by atoms with van der Waals surface area (Å²) in [7, 11) is 1.78. The van der Waals surface area contributed by atoms with Gasteiger partial charge in [0.1, 0.15) is 6.10 Å². The number of ether oxygens (including phenoxy) is 1. The Kier molecular flexibility index (Phi) is 6.97. The van der Waals surface area contributed by atoms with Gasteiger partial charge in [-0.15, -0.1) is 6.58 Å². The van der Waals surface area contributed by atoms with Crippen molar-refractivity contribution in [2.24, 2.45) is 0 Å². The van der Waals surface area contributed by atoms with Crippen molar-refractivity contribution in [3.05, 3.63) is 120 Å². The molecule has 3 aromatic carbocycles.